The molecule has 0 aliphatic heterocycles. The molecule has 134 valence electrons. The van der Waals surface area contributed by atoms with Gasteiger partial charge in [0.2, 0.25) is 5.91 Å². The number of carbonyl (C=O) groups is 2. The Kier molecular flexibility index (Phi) is 5.33. The van der Waals surface area contributed by atoms with Crippen LogP contribution in [-0.2, 0) is 17.9 Å². The maximum absolute atomic E-state index is 12.5. The van der Waals surface area contributed by atoms with Crippen LogP contribution >= 0.6 is 11.6 Å². The van der Waals surface area contributed by atoms with Crippen LogP contribution in [0.4, 0.5) is 11.4 Å². The fourth-order valence-corrected chi connectivity index (χ4v) is 2.47. The molecule has 2 N–H and O–H groups in total. The molecule has 3 aromatic rings. The molecule has 0 atom stereocenters. The number of rotatable bonds is 6. The molecular weight excluding hydrogens is 356 g/mol. The lowest BCUT2D eigenvalue weighted by Crippen LogP contribution is -2.21. The van der Waals surface area contributed by atoms with E-state index in [0.717, 1.165) is 0 Å². The SMILES string of the molecule is CCn1cc(NC(=O)Cn2cc(Cl)cn2)c(C(=O)Nc2ccccc2)n1. The van der Waals surface area contributed by atoms with Crippen LogP contribution in [0, 0.1) is 0 Å². The van der Waals surface area contributed by atoms with Gasteiger partial charge in [-0.3, -0.25) is 19.0 Å². The Balaban J connectivity index is 1.75. The summed E-state index contributed by atoms with van der Waals surface area (Å²) in [5.41, 5.74) is 1.12. The summed E-state index contributed by atoms with van der Waals surface area (Å²) in [7, 11) is 0. The number of hydrogen-bond donors (Lipinski definition) is 2. The number of benzene rings is 1. The van der Waals surface area contributed by atoms with E-state index in [1.165, 1.54) is 10.9 Å². The zero-order valence-electron chi connectivity index (χ0n) is 14.0. The van der Waals surface area contributed by atoms with Gasteiger partial charge in [-0.1, -0.05) is 29.8 Å². The lowest BCUT2D eigenvalue weighted by atomic mass is 10.3. The van der Waals surface area contributed by atoms with E-state index in [1.54, 1.807) is 29.2 Å². The molecule has 0 bridgehead atoms. The van der Waals surface area contributed by atoms with Crippen LogP contribution in [0.15, 0.2) is 48.9 Å². The molecule has 8 nitrogen and oxygen atoms in total. The number of hydrogen-bond acceptors (Lipinski definition) is 4. The number of nitrogens with zero attached hydrogens (tertiary/aromatic N) is 4. The highest BCUT2D eigenvalue weighted by Gasteiger charge is 2.19. The first kappa shape index (κ1) is 17.7. The van der Waals surface area contributed by atoms with E-state index in [4.69, 9.17) is 11.6 Å². The Bertz CT molecular complexity index is 918. The van der Waals surface area contributed by atoms with Crippen LogP contribution < -0.4 is 10.6 Å². The topological polar surface area (TPSA) is 93.8 Å². The van der Waals surface area contributed by atoms with E-state index in [0.29, 0.717) is 22.9 Å². The first-order valence-electron chi connectivity index (χ1n) is 7.97. The monoisotopic (exact) mass is 372 g/mol. The van der Waals surface area contributed by atoms with Gasteiger partial charge in [-0.05, 0) is 19.1 Å². The molecule has 0 aliphatic rings. The molecule has 3 rings (SSSR count). The van der Waals surface area contributed by atoms with Gasteiger partial charge in [0.25, 0.3) is 5.91 Å². The molecule has 0 saturated carbocycles. The van der Waals surface area contributed by atoms with E-state index >= 15 is 0 Å². The van der Waals surface area contributed by atoms with E-state index in [1.807, 2.05) is 25.1 Å². The number of amides is 2. The van der Waals surface area contributed by atoms with Gasteiger partial charge in [-0.15, -0.1) is 0 Å². The Hall–Kier alpha value is -3.13. The van der Waals surface area contributed by atoms with Crippen molar-refractivity contribution >= 4 is 34.8 Å². The van der Waals surface area contributed by atoms with Crippen molar-refractivity contribution < 1.29 is 9.59 Å². The third-order valence-electron chi connectivity index (χ3n) is 3.51. The number of halogens is 1. The molecule has 9 heteroatoms. The molecule has 2 amide bonds. The summed E-state index contributed by atoms with van der Waals surface area (Å²) in [6.45, 7) is 2.43. The average molecular weight is 373 g/mol. The molecule has 0 unspecified atom stereocenters. The smallest absolute Gasteiger partial charge is 0.278 e. The van der Waals surface area contributed by atoms with E-state index in [-0.39, 0.29) is 18.1 Å². The van der Waals surface area contributed by atoms with Crippen LogP contribution in [0.5, 0.6) is 0 Å². The molecule has 0 aliphatic carbocycles. The minimum absolute atomic E-state index is 0.0240. The van der Waals surface area contributed by atoms with Crippen LogP contribution in [0.2, 0.25) is 5.02 Å². The summed E-state index contributed by atoms with van der Waals surface area (Å²) in [6.07, 6.45) is 4.61. The first-order valence-corrected chi connectivity index (χ1v) is 8.34. The number of anilines is 2. The molecule has 26 heavy (non-hydrogen) atoms. The quantitative estimate of drug-likeness (QED) is 0.695. The zero-order valence-corrected chi connectivity index (χ0v) is 14.8. The number of aryl methyl sites for hydroxylation is 1. The molecule has 1 aromatic carbocycles. The molecule has 2 aromatic heterocycles. The van der Waals surface area contributed by atoms with Crippen molar-refractivity contribution in [2.75, 3.05) is 10.6 Å². The highest BCUT2D eigenvalue weighted by atomic mass is 35.5. The first-order chi connectivity index (χ1) is 12.5. The van der Waals surface area contributed by atoms with Crippen LogP contribution in [0.3, 0.4) is 0 Å². The maximum atomic E-state index is 12.5. The highest BCUT2D eigenvalue weighted by Crippen LogP contribution is 2.17. The van der Waals surface area contributed by atoms with Gasteiger partial charge >= 0.3 is 0 Å². The average Bonchev–Trinajstić information content (AvgIpc) is 3.21. The van der Waals surface area contributed by atoms with Crippen molar-refractivity contribution in [2.45, 2.75) is 20.0 Å². The Labute approximate surface area is 154 Å². The van der Waals surface area contributed by atoms with Crippen molar-refractivity contribution in [3.05, 3.63) is 59.6 Å². The minimum Gasteiger partial charge on any atom is -0.321 e. The predicted molar refractivity (Wildman–Crippen MR) is 98.2 cm³/mol. The van der Waals surface area contributed by atoms with E-state index in [2.05, 4.69) is 20.8 Å². The van der Waals surface area contributed by atoms with Gasteiger partial charge in [-0.25, -0.2) is 0 Å². The van der Waals surface area contributed by atoms with Crippen LogP contribution in [0.25, 0.3) is 0 Å². The molecular formula is C17H17ClN6O2. The Morgan fingerprint density at radius 3 is 2.54 bits per heavy atom. The van der Waals surface area contributed by atoms with E-state index in [9.17, 15) is 9.59 Å². The summed E-state index contributed by atoms with van der Waals surface area (Å²) in [4.78, 5) is 24.8. The summed E-state index contributed by atoms with van der Waals surface area (Å²) in [5.74, 6) is -0.741. The third-order valence-corrected chi connectivity index (χ3v) is 3.71. The summed E-state index contributed by atoms with van der Waals surface area (Å²) in [6, 6.07) is 9.04. The zero-order chi connectivity index (χ0) is 18.5. The number of para-hydroxylation sites is 1. The van der Waals surface area contributed by atoms with Gasteiger partial charge in [0.1, 0.15) is 6.54 Å². The molecule has 0 fully saturated rings. The van der Waals surface area contributed by atoms with Crippen LogP contribution in [-0.4, -0.2) is 31.4 Å². The van der Waals surface area contributed by atoms with Crippen molar-refractivity contribution in [2.24, 2.45) is 0 Å². The third kappa shape index (κ3) is 4.28. The Morgan fingerprint density at radius 2 is 1.88 bits per heavy atom. The van der Waals surface area contributed by atoms with Crippen LogP contribution in [0.1, 0.15) is 17.4 Å². The minimum atomic E-state index is -0.402. The number of aromatic nitrogens is 4. The number of carbonyl (C=O) groups excluding carboxylic acids is 2. The van der Waals surface area contributed by atoms with Gasteiger partial charge in [0, 0.05) is 24.6 Å². The lowest BCUT2D eigenvalue weighted by Gasteiger charge is -2.06. The Morgan fingerprint density at radius 1 is 1.12 bits per heavy atom. The van der Waals surface area contributed by atoms with Gasteiger partial charge in [0.05, 0.1) is 16.9 Å². The summed E-state index contributed by atoms with van der Waals surface area (Å²) >= 11 is 5.79. The highest BCUT2D eigenvalue weighted by molar-refractivity contribution is 6.30. The second kappa shape index (κ2) is 7.83. The van der Waals surface area contributed by atoms with E-state index < -0.39 is 5.91 Å². The van der Waals surface area contributed by atoms with Crippen molar-refractivity contribution in [3.63, 3.8) is 0 Å². The fourth-order valence-electron chi connectivity index (χ4n) is 2.32. The normalized spacial score (nSPS) is 10.5. The molecule has 0 spiro atoms. The van der Waals surface area contributed by atoms with Crippen molar-refractivity contribution in [3.8, 4) is 0 Å². The molecule has 2 heterocycles. The standard InChI is InChI=1S/C17H17ClN6O2/c1-2-23-10-14(21-15(25)11-24-9-12(18)8-19-24)16(22-23)17(26)20-13-6-4-3-5-7-13/h3-10H,2,11H2,1H3,(H,20,26)(H,21,25). The van der Waals surface area contributed by atoms with Gasteiger partial charge in [0.15, 0.2) is 5.69 Å². The number of nitrogens with one attached hydrogen (secondary N) is 2. The molecule has 0 radical (unpaired) electrons. The lowest BCUT2D eigenvalue weighted by molar-refractivity contribution is -0.116. The van der Waals surface area contributed by atoms with Gasteiger partial charge < -0.3 is 10.6 Å². The second-order valence-electron chi connectivity index (χ2n) is 5.47. The van der Waals surface area contributed by atoms with Gasteiger partial charge in [-0.2, -0.15) is 10.2 Å². The predicted octanol–water partition coefficient (Wildman–Crippen LogP) is 2.64. The van der Waals surface area contributed by atoms with Crippen molar-refractivity contribution in [1.29, 1.82) is 0 Å². The largest absolute Gasteiger partial charge is 0.321 e. The molecule has 0 saturated heterocycles. The second-order valence-corrected chi connectivity index (χ2v) is 5.91. The summed E-state index contributed by atoms with van der Waals surface area (Å²) < 4.78 is 2.99. The maximum Gasteiger partial charge on any atom is 0.278 e. The van der Waals surface area contributed by atoms with Crippen molar-refractivity contribution in [1.82, 2.24) is 19.6 Å². The fraction of sp³-hybridized carbons (Fsp3) is 0.176. The summed E-state index contributed by atoms with van der Waals surface area (Å²) in [5, 5.41) is 14.1.